The van der Waals surface area contributed by atoms with E-state index in [0.717, 1.165) is 78.6 Å². The molecule has 0 aliphatic carbocycles. The van der Waals surface area contributed by atoms with Crippen LogP contribution in [0.5, 0.6) is 0 Å². The minimum Gasteiger partial charge on any atom is -0.481 e. The van der Waals surface area contributed by atoms with Gasteiger partial charge < -0.3 is 35.5 Å². The molecule has 5 atom stereocenters. The van der Waals surface area contributed by atoms with Gasteiger partial charge in [0, 0.05) is 67.0 Å². The van der Waals surface area contributed by atoms with E-state index in [1.807, 2.05) is 82.0 Å². The maximum atomic E-state index is 14.3. The van der Waals surface area contributed by atoms with Gasteiger partial charge in [-0.05, 0) is 81.0 Å². The Balaban J connectivity index is 0.821. The normalized spacial score (nSPS) is 18.8. The lowest BCUT2D eigenvalue weighted by molar-refractivity contribution is -0.142. The number of carboxylic acids is 1. The van der Waals surface area contributed by atoms with Crippen molar-refractivity contribution in [2.75, 3.05) is 42.5 Å². The number of thiophene rings is 1. The number of thiazole rings is 1. The van der Waals surface area contributed by atoms with Gasteiger partial charge in [0.15, 0.2) is 5.82 Å². The average Bonchev–Trinajstić information content (AvgIpc) is 4.12. The van der Waals surface area contributed by atoms with Gasteiger partial charge in [0.1, 0.15) is 34.8 Å². The molecule has 3 aliphatic rings. The Bertz CT molecular complexity index is 3000. The van der Waals surface area contributed by atoms with E-state index in [0.29, 0.717) is 30.3 Å². The zero-order chi connectivity index (χ0) is 50.5. The first kappa shape index (κ1) is 49.2. The van der Waals surface area contributed by atoms with Crippen molar-refractivity contribution in [3.63, 3.8) is 0 Å². The summed E-state index contributed by atoms with van der Waals surface area (Å²) in [5.41, 5.74) is 9.02. The number of nitrogens with one attached hydrogen (secondary N) is 2. The van der Waals surface area contributed by atoms with E-state index in [4.69, 9.17) is 4.99 Å². The Hall–Kier alpha value is -6.83. The smallest absolute Gasteiger partial charge is 0.306 e. The van der Waals surface area contributed by atoms with Gasteiger partial charge in [0.05, 0.1) is 45.9 Å². The zero-order valence-electron chi connectivity index (χ0n) is 41.1. The number of hydrogen-bond acceptors (Lipinski definition) is 14. The monoisotopic (exact) mass is 997 g/mol. The Labute approximate surface area is 420 Å². The highest BCUT2D eigenvalue weighted by atomic mass is 32.1. The number of aliphatic imine (C=N–C) groups is 1. The number of carbonyl (C=O) groups is 4. The molecule has 0 radical (unpaired) electrons. The van der Waals surface area contributed by atoms with Crippen molar-refractivity contribution in [1.29, 1.82) is 0 Å². The number of carboxylic acid groups (broad SMARTS) is 1. The van der Waals surface area contributed by atoms with Crippen molar-refractivity contribution in [3.05, 3.63) is 122 Å². The summed E-state index contributed by atoms with van der Waals surface area (Å²) in [4.78, 5) is 76.2. The third-order valence-corrected chi connectivity index (χ3v) is 15.9. The number of pyridine rings is 1. The second-order valence-electron chi connectivity index (χ2n) is 19.7. The predicted molar refractivity (Wildman–Crippen MR) is 275 cm³/mol. The van der Waals surface area contributed by atoms with Crippen molar-refractivity contribution in [3.8, 4) is 15.4 Å². The van der Waals surface area contributed by atoms with Gasteiger partial charge >= 0.3 is 5.97 Å². The number of fused-ring (bicyclic) bond motifs is 3. The summed E-state index contributed by atoms with van der Waals surface area (Å²) in [5.74, 6) is -0.310. The average molecular weight is 998 g/mol. The lowest BCUT2D eigenvalue weighted by Crippen LogP contribution is -2.57. The van der Waals surface area contributed by atoms with Crippen LogP contribution in [0.4, 0.5) is 11.5 Å². The summed E-state index contributed by atoms with van der Waals surface area (Å²) >= 11 is 3.21. The van der Waals surface area contributed by atoms with Crippen LogP contribution in [0.1, 0.15) is 107 Å². The van der Waals surface area contributed by atoms with Gasteiger partial charge in [-0.2, -0.15) is 0 Å². The summed E-state index contributed by atoms with van der Waals surface area (Å²) < 4.78 is 1.95. The van der Waals surface area contributed by atoms with Crippen molar-refractivity contribution >= 4 is 63.6 Å². The van der Waals surface area contributed by atoms with Gasteiger partial charge in [0.2, 0.25) is 11.8 Å². The molecule has 7 heterocycles. The number of benzene rings is 2. The lowest BCUT2D eigenvalue weighted by Gasteiger charge is -2.37. The van der Waals surface area contributed by atoms with Crippen molar-refractivity contribution in [1.82, 2.24) is 40.3 Å². The number of aliphatic hydroxyl groups is 1. The molecular formula is C52H59N11O6S2. The molecule has 17 nitrogen and oxygen atoms in total. The molecule has 3 aliphatic heterocycles. The zero-order valence-corrected chi connectivity index (χ0v) is 42.8. The molecular weight excluding hydrogens is 939 g/mol. The number of β-amino-alcohol motifs (C(OH)–C–C–N with tert-alkyl or cyclic N) is 1. The number of hydrogen-bond donors (Lipinski definition) is 4. The lowest BCUT2D eigenvalue weighted by atomic mass is 9.85. The molecule has 4 aromatic heterocycles. The van der Waals surface area contributed by atoms with Crippen LogP contribution in [0, 0.1) is 33.1 Å². The first-order chi connectivity index (χ1) is 33.9. The Morgan fingerprint density at radius 2 is 1.55 bits per heavy atom. The van der Waals surface area contributed by atoms with Crippen molar-refractivity contribution in [2.24, 2.45) is 10.4 Å². The van der Waals surface area contributed by atoms with Gasteiger partial charge in [-0.3, -0.25) is 28.7 Å². The van der Waals surface area contributed by atoms with Crippen molar-refractivity contribution in [2.45, 2.75) is 98.5 Å². The summed E-state index contributed by atoms with van der Waals surface area (Å²) in [5, 5.41) is 36.2. The van der Waals surface area contributed by atoms with Gasteiger partial charge in [0.25, 0.3) is 5.91 Å². The molecule has 370 valence electrons. The number of aliphatic hydroxyl groups excluding tert-OH is 1. The number of piperazine rings is 1. The van der Waals surface area contributed by atoms with E-state index in [9.17, 15) is 29.4 Å². The number of aryl methyl sites for hydroxylation is 3. The molecule has 0 saturated carbocycles. The highest BCUT2D eigenvalue weighted by Crippen LogP contribution is 2.40. The van der Waals surface area contributed by atoms with Gasteiger partial charge in [-0.1, -0.05) is 57.2 Å². The SMILES string of the molecule is Cc1ncsc1-c1ccc([C@H](C)NC(=O)[C@@H]2C[C@@H](O)CN2C(=O)[C@@H](NC(=O)c2ccc(N3CCN(c4ccc(C5=N[C@@H](CC(=O)O)c6nnc(C)n6-c6sc(C)c(C)c65)cc4)CC3)nc2)C(C)(C)C)cc1. The molecule has 4 N–H and O–H groups in total. The number of aliphatic carboxylic acids is 1. The topological polar surface area (TPSA) is 211 Å². The van der Waals surface area contributed by atoms with E-state index in [1.165, 1.54) is 11.1 Å². The fourth-order valence-electron chi connectivity index (χ4n) is 9.65. The molecule has 2 aromatic carbocycles. The number of anilines is 2. The maximum absolute atomic E-state index is 14.3. The summed E-state index contributed by atoms with van der Waals surface area (Å²) in [6, 6.07) is 16.8. The van der Waals surface area contributed by atoms with Gasteiger partial charge in [-0.15, -0.1) is 32.9 Å². The van der Waals surface area contributed by atoms with Crippen LogP contribution in [0.2, 0.25) is 0 Å². The van der Waals surface area contributed by atoms with E-state index in [-0.39, 0.29) is 31.3 Å². The fourth-order valence-corrected chi connectivity index (χ4v) is 11.7. The van der Waals surface area contributed by atoms with Crippen LogP contribution in [0.3, 0.4) is 0 Å². The number of likely N-dealkylation sites (tertiary alicyclic amines) is 1. The van der Waals surface area contributed by atoms with Crippen LogP contribution in [-0.4, -0.2) is 120 Å². The number of carbonyl (C=O) groups excluding carboxylic acids is 3. The molecule has 19 heteroatoms. The molecule has 0 unspecified atom stereocenters. The molecule has 71 heavy (non-hydrogen) atoms. The molecule has 0 spiro atoms. The van der Waals surface area contributed by atoms with Crippen molar-refractivity contribution < 1.29 is 29.4 Å². The van der Waals surface area contributed by atoms with E-state index < -0.39 is 47.4 Å². The third-order valence-electron chi connectivity index (χ3n) is 13.8. The van der Waals surface area contributed by atoms with Crippen LogP contribution in [0.25, 0.3) is 15.4 Å². The summed E-state index contributed by atoms with van der Waals surface area (Å²) in [7, 11) is 0. The number of rotatable bonds is 12. The van der Waals surface area contributed by atoms with Gasteiger partial charge in [-0.25, -0.2) is 9.97 Å². The summed E-state index contributed by atoms with van der Waals surface area (Å²) in [6.07, 6.45) is 0.505. The highest BCUT2D eigenvalue weighted by Gasteiger charge is 2.45. The molecule has 0 bridgehead atoms. The van der Waals surface area contributed by atoms with E-state index in [1.54, 1.807) is 28.7 Å². The number of aromatic nitrogens is 5. The third kappa shape index (κ3) is 9.94. The highest BCUT2D eigenvalue weighted by molar-refractivity contribution is 7.15. The largest absolute Gasteiger partial charge is 0.481 e. The summed E-state index contributed by atoms with van der Waals surface area (Å²) in [6.45, 7) is 18.2. The Morgan fingerprint density at radius 1 is 0.859 bits per heavy atom. The van der Waals surface area contributed by atoms with Crippen LogP contribution >= 0.6 is 22.7 Å². The minimum atomic E-state index is -1.00. The maximum Gasteiger partial charge on any atom is 0.306 e. The Kier molecular flexibility index (Phi) is 13.7. The second-order valence-corrected chi connectivity index (χ2v) is 21.8. The number of amides is 3. The number of nitrogens with zero attached hydrogens (tertiary/aromatic N) is 9. The fraction of sp³-hybridized carbons (Fsp3) is 0.404. The first-order valence-corrected chi connectivity index (χ1v) is 25.5. The predicted octanol–water partition coefficient (Wildman–Crippen LogP) is 6.76. The Morgan fingerprint density at radius 3 is 2.18 bits per heavy atom. The molecule has 3 amide bonds. The van der Waals surface area contributed by atoms with Crippen LogP contribution < -0.4 is 20.4 Å². The molecule has 6 aromatic rings. The van der Waals surface area contributed by atoms with E-state index in [2.05, 4.69) is 78.7 Å². The minimum absolute atomic E-state index is 0.0283. The van der Waals surface area contributed by atoms with Crippen LogP contribution in [0.15, 0.2) is 77.4 Å². The molecule has 9 rings (SSSR count). The van der Waals surface area contributed by atoms with Crippen LogP contribution in [-0.2, 0) is 14.4 Å². The molecule has 2 saturated heterocycles. The molecule has 2 fully saturated rings. The standard InChI is InChI=1S/C52H59N11O6S2/c1-28-31(4)71-51-43(28)44(56-39(24-42(65)66)47-59-58-32(5)63(47)51)34-13-16-37(17-14-34)60-19-21-61(22-20-60)41-18-15-36(25-53-41)48(67)57-46(52(6,7)8)50(69)62-26-38(64)23-40(62)49(68)55-29(2)33-9-11-35(12-10-33)45-30(3)54-27-70-45/h9-18,25,27,29,38-40,46,64H,19-24,26H2,1-8H3,(H,55,68)(H,57,67)(H,65,66)/t29-,38+,39-,40-,46+/m0/s1. The van der Waals surface area contributed by atoms with E-state index >= 15 is 0 Å². The first-order valence-electron chi connectivity index (χ1n) is 23.8. The quantitative estimate of drug-likeness (QED) is 0.100. The second kappa shape index (κ2) is 19.8.